The van der Waals surface area contributed by atoms with Crippen molar-refractivity contribution in [3.8, 4) is 0 Å². The standard InChI is InChI=1S/C11H20N4/c1-14(2)7-6-11-13-8-9-4-3-5-10(12)15(9)11/h8,10H,3-7,12H2,1-2H3. The maximum absolute atomic E-state index is 6.11. The van der Waals surface area contributed by atoms with Crippen molar-refractivity contribution >= 4 is 0 Å². The SMILES string of the molecule is CN(C)CCc1ncc2n1C(N)CCC2. The zero-order valence-corrected chi connectivity index (χ0v) is 9.61. The smallest absolute Gasteiger partial charge is 0.111 e. The molecule has 2 N–H and O–H groups in total. The number of imidazole rings is 1. The average Bonchev–Trinajstić information content (AvgIpc) is 2.59. The molecule has 1 atom stereocenters. The van der Waals surface area contributed by atoms with Gasteiger partial charge in [-0.05, 0) is 33.4 Å². The van der Waals surface area contributed by atoms with E-state index in [-0.39, 0.29) is 6.17 Å². The van der Waals surface area contributed by atoms with Gasteiger partial charge < -0.3 is 15.2 Å². The minimum absolute atomic E-state index is 0.147. The van der Waals surface area contributed by atoms with Crippen molar-refractivity contribution in [2.45, 2.75) is 31.8 Å². The van der Waals surface area contributed by atoms with Gasteiger partial charge in [-0.2, -0.15) is 0 Å². The molecule has 0 fully saturated rings. The van der Waals surface area contributed by atoms with Crippen LogP contribution in [0.1, 0.15) is 30.5 Å². The zero-order chi connectivity index (χ0) is 10.8. The average molecular weight is 208 g/mol. The van der Waals surface area contributed by atoms with Crippen LogP contribution in [0.2, 0.25) is 0 Å². The van der Waals surface area contributed by atoms with E-state index in [1.807, 2.05) is 6.20 Å². The summed E-state index contributed by atoms with van der Waals surface area (Å²) in [5, 5.41) is 0. The van der Waals surface area contributed by atoms with Gasteiger partial charge in [-0.1, -0.05) is 0 Å². The summed E-state index contributed by atoms with van der Waals surface area (Å²) in [4.78, 5) is 6.65. The van der Waals surface area contributed by atoms with Crippen LogP contribution in [0, 0.1) is 0 Å². The molecule has 84 valence electrons. The van der Waals surface area contributed by atoms with Crippen molar-refractivity contribution in [3.05, 3.63) is 17.7 Å². The first kappa shape index (κ1) is 10.6. The highest BCUT2D eigenvalue weighted by Gasteiger charge is 2.19. The Labute approximate surface area is 91.1 Å². The second-order valence-electron chi connectivity index (χ2n) is 4.55. The molecule has 1 aromatic heterocycles. The fourth-order valence-electron chi connectivity index (χ4n) is 2.16. The molecular weight excluding hydrogens is 188 g/mol. The van der Waals surface area contributed by atoms with Gasteiger partial charge in [0.05, 0.1) is 6.17 Å². The highest BCUT2D eigenvalue weighted by atomic mass is 15.2. The molecule has 1 aromatic rings. The third-order valence-electron chi connectivity index (χ3n) is 3.00. The second-order valence-corrected chi connectivity index (χ2v) is 4.55. The quantitative estimate of drug-likeness (QED) is 0.798. The first-order valence-corrected chi connectivity index (χ1v) is 5.64. The molecule has 15 heavy (non-hydrogen) atoms. The van der Waals surface area contributed by atoms with Crippen LogP contribution in [0.3, 0.4) is 0 Å². The Morgan fingerprint density at radius 2 is 2.40 bits per heavy atom. The number of aryl methyl sites for hydroxylation is 1. The maximum Gasteiger partial charge on any atom is 0.111 e. The monoisotopic (exact) mass is 208 g/mol. The van der Waals surface area contributed by atoms with E-state index in [1.54, 1.807) is 0 Å². The summed E-state index contributed by atoms with van der Waals surface area (Å²) in [5.41, 5.74) is 7.42. The largest absolute Gasteiger partial charge is 0.316 e. The van der Waals surface area contributed by atoms with Crippen LogP contribution in [0.25, 0.3) is 0 Å². The number of aromatic nitrogens is 2. The number of hydrogen-bond donors (Lipinski definition) is 1. The van der Waals surface area contributed by atoms with E-state index in [0.29, 0.717) is 0 Å². The van der Waals surface area contributed by atoms with Crippen LogP contribution in [0.15, 0.2) is 6.20 Å². The molecule has 1 aliphatic rings. The number of fused-ring (bicyclic) bond motifs is 1. The van der Waals surface area contributed by atoms with Crippen LogP contribution in [-0.4, -0.2) is 35.1 Å². The summed E-state index contributed by atoms with van der Waals surface area (Å²) >= 11 is 0. The highest BCUT2D eigenvalue weighted by molar-refractivity contribution is 5.10. The minimum atomic E-state index is 0.147. The molecule has 0 aliphatic carbocycles. The van der Waals surface area contributed by atoms with Gasteiger partial charge >= 0.3 is 0 Å². The molecule has 0 saturated carbocycles. The molecule has 4 nitrogen and oxygen atoms in total. The van der Waals surface area contributed by atoms with Crippen LogP contribution in [0.5, 0.6) is 0 Å². The normalized spacial score (nSPS) is 20.7. The summed E-state index contributed by atoms with van der Waals surface area (Å²) in [6.07, 6.45) is 6.53. The van der Waals surface area contributed by atoms with Crippen molar-refractivity contribution in [1.29, 1.82) is 0 Å². The number of rotatable bonds is 3. The molecule has 0 aromatic carbocycles. The third kappa shape index (κ3) is 2.21. The molecule has 0 radical (unpaired) electrons. The maximum atomic E-state index is 6.11. The van der Waals surface area contributed by atoms with E-state index in [2.05, 4.69) is 28.5 Å². The Hall–Kier alpha value is -0.870. The number of nitrogens with zero attached hydrogens (tertiary/aromatic N) is 3. The van der Waals surface area contributed by atoms with Gasteiger partial charge in [0.2, 0.25) is 0 Å². The summed E-state index contributed by atoms with van der Waals surface area (Å²) in [6, 6.07) is 0. The van der Waals surface area contributed by atoms with Crippen molar-refractivity contribution in [3.63, 3.8) is 0 Å². The fraction of sp³-hybridized carbons (Fsp3) is 0.727. The summed E-state index contributed by atoms with van der Waals surface area (Å²) in [6.45, 7) is 1.03. The van der Waals surface area contributed by atoms with Gasteiger partial charge in [0, 0.05) is 24.9 Å². The van der Waals surface area contributed by atoms with E-state index in [4.69, 9.17) is 5.73 Å². The minimum Gasteiger partial charge on any atom is -0.316 e. The molecular formula is C11H20N4. The lowest BCUT2D eigenvalue weighted by atomic mass is 10.1. The summed E-state index contributed by atoms with van der Waals surface area (Å²) < 4.78 is 2.23. The van der Waals surface area contributed by atoms with E-state index >= 15 is 0 Å². The van der Waals surface area contributed by atoms with Crippen molar-refractivity contribution in [2.24, 2.45) is 5.73 Å². The van der Waals surface area contributed by atoms with E-state index in [0.717, 1.165) is 31.6 Å². The number of likely N-dealkylation sites (N-methyl/N-ethyl adjacent to an activating group) is 1. The Morgan fingerprint density at radius 3 is 3.13 bits per heavy atom. The van der Waals surface area contributed by atoms with Crippen molar-refractivity contribution in [1.82, 2.24) is 14.5 Å². The highest BCUT2D eigenvalue weighted by Crippen LogP contribution is 2.22. The summed E-state index contributed by atoms with van der Waals surface area (Å²) in [5.74, 6) is 1.14. The Balaban J connectivity index is 2.14. The van der Waals surface area contributed by atoms with Gasteiger partial charge in [0.25, 0.3) is 0 Å². The number of nitrogens with two attached hydrogens (primary N) is 1. The molecule has 2 heterocycles. The third-order valence-corrected chi connectivity index (χ3v) is 3.00. The predicted molar refractivity (Wildman–Crippen MR) is 60.6 cm³/mol. The summed E-state index contributed by atoms with van der Waals surface area (Å²) in [7, 11) is 4.17. The lowest BCUT2D eigenvalue weighted by Gasteiger charge is -2.24. The van der Waals surface area contributed by atoms with Crippen LogP contribution in [0.4, 0.5) is 0 Å². The first-order chi connectivity index (χ1) is 7.18. The van der Waals surface area contributed by atoms with Crippen LogP contribution in [-0.2, 0) is 12.8 Å². The molecule has 0 spiro atoms. The lowest BCUT2D eigenvalue weighted by Crippen LogP contribution is -2.27. The Bertz CT molecular complexity index is 329. The molecule has 0 amide bonds. The van der Waals surface area contributed by atoms with E-state index < -0.39 is 0 Å². The predicted octanol–water partition coefficient (Wildman–Crippen LogP) is 0.781. The number of hydrogen-bond acceptors (Lipinski definition) is 3. The Kier molecular flexibility index (Phi) is 3.07. The molecule has 0 bridgehead atoms. The molecule has 0 saturated heterocycles. The molecule has 4 heteroatoms. The van der Waals surface area contributed by atoms with Gasteiger partial charge in [-0.25, -0.2) is 4.98 Å². The van der Waals surface area contributed by atoms with Gasteiger partial charge in [0.15, 0.2) is 0 Å². The van der Waals surface area contributed by atoms with E-state index in [9.17, 15) is 0 Å². The van der Waals surface area contributed by atoms with Gasteiger partial charge in [-0.3, -0.25) is 0 Å². The lowest BCUT2D eigenvalue weighted by molar-refractivity contribution is 0.376. The van der Waals surface area contributed by atoms with Crippen LogP contribution >= 0.6 is 0 Å². The molecule has 2 rings (SSSR count). The topological polar surface area (TPSA) is 47.1 Å². The van der Waals surface area contributed by atoms with Crippen molar-refractivity contribution < 1.29 is 0 Å². The molecule has 1 aliphatic heterocycles. The molecule has 1 unspecified atom stereocenters. The van der Waals surface area contributed by atoms with Crippen LogP contribution < -0.4 is 5.73 Å². The zero-order valence-electron chi connectivity index (χ0n) is 9.61. The van der Waals surface area contributed by atoms with Gasteiger partial charge in [0.1, 0.15) is 5.82 Å². The van der Waals surface area contributed by atoms with Gasteiger partial charge in [-0.15, -0.1) is 0 Å². The van der Waals surface area contributed by atoms with Crippen molar-refractivity contribution in [2.75, 3.05) is 20.6 Å². The Morgan fingerprint density at radius 1 is 1.60 bits per heavy atom. The fourth-order valence-corrected chi connectivity index (χ4v) is 2.16. The van der Waals surface area contributed by atoms with E-state index in [1.165, 1.54) is 12.1 Å². The second kappa shape index (κ2) is 4.33. The first-order valence-electron chi connectivity index (χ1n) is 5.64.